The molecule has 0 spiro atoms. The molecule has 1 aliphatic rings. The van der Waals surface area contributed by atoms with Crippen LogP contribution in [-0.4, -0.2) is 36.8 Å². The van der Waals surface area contributed by atoms with Gasteiger partial charge in [-0.1, -0.05) is 27.2 Å². The van der Waals surface area contributed by atoms with Crippen molar-refractivity contribution in [3.8, 4) is 0 Å². The van der Waals surface area contributed by atoms with Crippen LogP contribution < -0.4 is 10.6 Å². The summed E-state index contributed by atoms with van der Waals surface area (Å²) in [5.74, 6) is 1.45. The van der Waals surface area contributed by atoms with Gasteiger partial charge in [-0.05, 0) is 56.8 Å². The number of aliphatic imine (C=N–C) groups is 1. The maximum atomic E-state index is 9.16. The smallest absolute Gasteiger partial charge is 0.191 e. The van der Waals surface area contributed by atoms with Gasteiger partial charge in [0, 0.05) is 25.7 Å². The SMILES string of the molecule is CCCC(CCO)CN=C(NCC)NC1CCC(C)(C)CC1. The lowest BCUT2D eigenvalue weighted by atomic mass is 9.75. The first-order valence-corrected chi connectivity index (χ1v) is 9.16. The lowest BCUT2D eigenvalue weighted by Gasteiger charge is -2.35. The van der Waals surface area contributed by atoms with Crippen molar-refractivity contribution >= 4 is 5.96 Å². The predicted molar refractivity (Wildman–Crippen MR) is 95.3 cm³/mol. The number of nitrogens with zero attached hydrogens (tertiary/aromatic N) is 1. The van der Waals surface area contributed by atoms with Gasteiger partial charge in [0.05, 0.1) is 0 Å². The summed E-state index contributed by atoms with van der Waals surface area (Å²) in [6.45, 7) is 11.0. The van der Waals surface area contributed by atoms with Crippen molar-refractivity contribution in [3.63, 3.8) is 0 Å². The van der Waals surface area contributed by atoms with E-state index < -0.39 is 0 Å². The number of rotatable bonds is 8. The zero-order chi connectivity index (χ0) is 16.4. The summed E-state index contributed by atoms with van der Waals surface area (Å²) in [5, 5.41) is 16.1. The number of aliphatic hydroxyl groups excluding tert-OH is 1. The Morgan fingerprint density at radius 2 is 1.91 bits per heavy atom. The third-order valence-electron chi connectivity index (χ3n) is 4.77. The van der Waals surface area contributed by atoms with Crippen molar-refractivity contribution in [1.29, 1.82) is 0 Å². The molecule has 0 saturated heterocycles. The molecule has 0 aromatic carbocycles. The Labute approximate surface area is 137 Å². The van der Waals surface area contributed by atoms with Crippen molar-refractivity contribution in [3.05, 3.63) is 0 Å². The Kier molecular flexibility index (Phi) is 8.84. The first-order chi connectivity index (χ1) is 10.5. The second-order valence-electron chi connectivity index (χ2n) is 7.47. The monoisotopic (exact) mass is 311 g/mol. The van der Waals surface area contributed by atoms with E-state index in [1.54, 1.807) is 0 Å². The molecule has 0 aliphatic heterocycles. The Morgan fingerprint density at radius 1 is 1.23 bits per heavy atom. The number of guanidine groups is 1. The van der Waals surface area contributed by atoms with Crippen LogP contribution in [0.2, 0.25) is 0 Å². The maximum absolute atomic E-state index is 9.16. The van der Waals surface area contributed by atoms with Crippen LogP contribution in [0, 0.1) is 11.3 Å². The fraction of sp³-hybridized carbons (Fsp3) is 0.944. The topological polar surface area (TPSA) is 56.7 Å². The molecule has 0 heterocycles. The molecular weight excluding hydrogens is 274 g/mol. The highest BCUT2D eigenvalue weighted by molar-refractivity contribution is 5.80. The number of aliphatic hydroxyl groups is 1. The van der Waals surface area contributed by atoms with Gasteiger partial charge in [-0.15, -0.1) is 0 Å². The van der Waals surface area contributed by atoms with Crippen LogP contribution in [0.1, 0.15) is 72.6 Å². The van der Waals surface area contributed by atoms with E-state index in [4.69, 9.17) is 10.1 Å². The molecule has 0 bridgehead atoms. The molecule has 4 nitrogen and oxygen atoms in total. The summed E-state index contributed by atoms with van der Waals surface area (Å²) in [6.07, 6.45) is 8.18. The summed E-state index contributed by atoms with van der Waals surface area (Å²) in [4.78, 5) is 4.76. The molecule has 4 heteroatoms. The lowest BCUT2D eigenvalue weighted by Crippen LogP contribution is -2.45. The van der Waals surface area contributed by atoms with Crippen molar-refractivity contribution in [2.75, 3.05) is 19.7 Å². The van der Waals surface area contributed by atoms with Crippen molar-refractivity contribution in [2.45, 2.75) is 78.7 Å². The van der Waals surface area contributed by atoms with Crippen LogP contribution in [0.3, 0.4) is 0 Å². The molecule has 22 heavy (non-hydrogen) atoms. The van der Waals surface area contributed by atoms with E-state index >= 15 is 0 Å². The molecule has 0 aromatic heterocycles. The average Bonchev–Trinajstić information content (AvgIpc) is 2.47. The zero-order valence-corrected chi connectivity index (χ0v) is 15.1. The molecular formula is C18H37N3O. The van der Waals surface area contributed by atoms with Gasteiger partial charge >= 0.3 is 0 Å². The molecule has 1 unspecified atom stereocenters. The van der Waals surface area contributed by atoms with Gasteiger partial charge in [0.25, 0.3) is 0 Å². The Morgan fingerprint density at radius 3 is 2.45 bits per heavy atom. The normalized spacial score (nSPS) is 20.7. The minimum Gasteiger partial charge on any atom is -0.396 e. The van der Waals surface area contributed by atoms with Gasteiger partial charge in [0.1, 0.15) is 0 Å². The molecule has 1 saturated carbocycles. The van der Waals surface area contributed by atoms with Crippen molar-refractivity contribution in [2.24, 2.45) is 16.3 Å². The lowest BCUT2D eigenvalue weighted by molar-refractivity contribution is 0.216. The second-order valence-corrected chi connectivity index (χ2v) is 7.47. The first-order valence-electron chi connectivity index (χ1n) is 9.16. The molecule has 1 atom stereocenters. The molecule has 0 amide bonds. The Hall–Kier alpha value is -0.770. The largest absolute Gasteiger partial charge is 0.396 e. The first kappa shape index (κ1) is 19.3. The molecule has 0 aromatic rings. The molecule has 0 radical (unpaired) electrons. The van der Waals surface area contributed by atoms with Crippen LogP contribution in [-0.2, 0) is 0 Å². The quantitative estimate of drug-likeness (QED) is 0.476. The van der Waals surface area contributed by atoms with Crippen LogP contribution in [0.5, 0.6) is 0 Å². The number of hydrogen-bond donors (Lipinski definition) is 3. The maximum Gasteiger partial charge on any atom is 0.191 e. The van der Waals surface area contributed by atoms with Gasteiger partial charge in [-0.3, -0.25) is 4.99 Å². The van der Waals surface area contributed by atoms with Crippen molar-refractivity contribution < 1.29 is 5.11 Å². The molecule has 1 rings (SSSR count). The highest BCUT2D eigenvalue weighted by atomic mass is 16.3. The fourth-order valence-corrected chi connectivity index (χ4v) is 3.20. The van der Waals surface area contributed by atoms with Crippen LogP contribution in [0.25, 0.3) is 0 Å². The summed E-state index contributed by atoms with van der Waals surface area (Å²) in [7, 11) is 0. The highest BCUT2D eigenvalue weighted by Crippen LogP contribution is 2.34. The van der Waals surface area contributed by atoms with E-state index in [0.717, 1.165) is 38.3 Å². The molecule has 1 fully saturated rings. The van der Waals surface area contributed by atoms with E-state index in [-0.39, 0.29) is 6.61 Å². The van der Waals surface area contributed by atoms with Gasteiger partial charge in [-0.2, -0.15) is 0 Å². The summed E-state index contributed by atoms with van der Waals surface area (Å²) in [6, 6.07) is 0.549. The van der Waals surface area contributed by atoms with Gasteiger partial charge in [0.15, 0.2) is 5.96 Å². The fourth-order valence-electron chi connectivity index (χ4n) is 3.20. The average molecular weight is 312 g/mol. The number of nitrogens with one attached hydrogen (secondary N) is 2. The van der Waals surface area contributed by atoms with E-state index in [0.29, 0.717) is 17.4 Å². The van der Waals surface area contributed by atoms with Crippen LogP contribution in [0.15, 0.2) is 4.99 Å². The third kappa shape index (κ3) is 7.48. The minimum atomic E-state index is 0.266. The Balaban J connectivity index is 2.51. The molecule has 1 aliphatic carbocycles. The Bertz CT molecular complexity index is 312. The zero-order valence-electron chi connectivity index (χ0n) is 15.1. The van der Waals surface area contributed by atoms with Gasteiger partial charge in [-0.25, -0.2) is 0 Å². The standard InChI is InChI=1S/C18H37N3O/c1-5-7-15(10-13-22)14-20-17(19-6-2)21-16-8-11-18(3,4)12-9-16/h15-16,22H,5-14H2,1-4H3,(H2,19,20,21). The van der Waals surface area contributed by atoms with E-state index in [1.165, 1.54) is 25.7 Å². The summed E-state index contributed by atoms with van der Waals surface area (Å²) >= 11 is 0. The summed E-state index contributed by atoms with van der Waals surface area (Å²) in [5.41, 5.74) is 0.501. The second kappa shape index (κ2) is 10.1. The third-order valence-corrected chi connectivity index (χ3v) is 4.77. The van der Waals surface area contributed by atoms with Crippen molar-refractivity contribution in [1.82, 2.24) is 10.6 Å². The summed E-state index contributed by atoms with van der Waals surface area (Å²) < 4.78 is 0. The van der Waals surface area contributed by atoms with Gasteiger partial charge in [0.2, 0.25) is 0 Å². The van der Waals surface area contributed by atoms with E-state index in [2.05, 4.69) is 38.3 Å². The molecule has 130 valence electrons. The highest BCUT2D eigenvalue weighted by Gasteiger charge is 2.27. The molecule has 3 N–H and O–H groups in total. The van der Waals surface area contributed by atoms with Crippen LogP contribution >= 0.6 is 0 Å². The van der Waals surface area contributed by atoms with Crippen LogP contribution in [0.4, 0.5) is 0 Å². The predicted octanol–water partition coefficient (Wildman–Crippen LogP) is 3.31. The van der Waals surface area contributed by atoms with Gasteiger partial charge < -0.3 is 15.7 Å². The minimum absolute atomic E-state index is 0.266. The van der Waals surface area contributed by atoms with E-state index in [1.807, 2.05) is 0 Å². The number of hydrogen-bond acceptors (Lipinski definition) is 2. The van der Waals surface area contributed by atoms with E-state index in [9.17, 15) is 0 Å².